The molecule has 0 aliphatic rings. The standard InChI is InChI=1S/C22H29N3O2/c1-5-12-25(14-21(26)23-19-9-7-6-8-17(19)3)15-22(27)24-20-13-16(2)10-11-18(20)4/h6-11,13H,5,12,14-15H2,1-4H3,(H,23,26)(H,24,27)/p+1. The van der Waals surface area contributed by atoms with E-state index in [1.165, 1.54) is 0 Å². The van der Waals surface area contributed by atoms with Crippen molar-refractivity contribution in [3.8, 4) is 0 Å². The molecule has 0 fully saturated rings. The van der Waals surface area contributed by atoms with Crippen molar-refractivity contribution >= 4 is 23.2 Å². The number of para-hydroxylation sites is 1. The number of nitrogens with one attached hydrogen (secondary N) is 3. The molecule has 0 saturated carbocycles. The minimum atomic E-state index is -0.0766. The lowest BCUT2D eigenvalue weighted by atomic mass is 10.1. The summed E-state index contributed by atoms with van der Waals surface area (Å²) in [4.78, 5) is 25.9. The summed E-state index contributed by atoms with van der Waals surface area (Å²) in [6.45, 7) is 9.29. The Bertz CT molecular complexity index is 802. The van der Waals surface area contributed by atoms with E-state index in [4.69, 9.17) is 0 Å². The van der Waals surface area contributed by atoms with E-state index in [1.807, 2.05) is 63.2 Å². The molecule has 0 bridgehead atoms. The van der Waals surface area contributed by atoms with Gasteiger partial charge in [0.1, 0.15) is 0 Å². The highest BCUT2D eigenvalue weighted by Crippen LogP contribution is 2.16. The minimum absolute atomic E-state index is 0.0733. The molecule has 0 spiro atoms. The molecule has 0 heterocycles. The zero-order valence-electron chi connectivity index (χ0n) is 16.7. The third-order valence-electron chi connectivity index (χ3n) is 4.51. The van der Waals surface area contributed by atoms with Crippen molar-refractivity contribution in [2.75, 3.05) is 30.3 Å². The third kappa shape index (κ3) is 6.53. The number of quaternary nitrogens is 1. The van der Waals surface area contributed by atoms with Crippen molar-refractivity contribution in [3.05, 3.63) is 59.2 Å². The van der Waals surface area contributed by atoms with Crippen LogP contribution in [-0.4, -0.2) is 31.4 Å². The van der Waals surface area contributed by atoms with Gasteiger partial charge in [0, 0.05) is 11.4 Å². The minimum Gasteiger partial charge on any atom is -0.321 e. The van der Waals surface area contributed by atoms with Gasteiger partial charge in [0.05, 0.1) is 6.54 Å². The van der Waals surface area contributed by atoms with Crippen molar-refractivity contribution in [2.45, 2.75) is 34.1 Å². The van der Waals surface area contributed by atoms with Gasteiger partial charge in [-0.05, 0) is 56.0 Å². The quantitative estimate of drug-likeness (QED) is 0.670. The first kappa shape index (κ1) is 20.6. The first-order chi connectivity index (χ1) is 12.9. The smallest absolute Gasteiger partial charge is 0.279 e. The summed E-state index contributed by atoms with van der Waals surface area (Å²) < 4.78 is 0. The zero-order valence-corrected chi connectivity index (χ0v) is 16.7. The normalized spacial score (nSPS) is 11.7. The Kier molecular flexibility index (Phi) is 7.55. The van der Waals surface area contributed by atoms with Crippen LogP contribution in [0.25, 0.3) is 0 Å². The summed E-state index contributed by atoms with van der Waals surface area (Å²) in [7, 11) is 0. The van der Waals surface area contributed by atoms with Crippen LogP contribution in [0.15, 0.2) is 42.5 Å². The zero-order chi connectivity index (χ0) is 19.8. The molecular formula is C22H30N3O2+. The van der Waals surface area contributed by atoms with Crippen LogP contribution in [0.2, 0.25) is 0 Å². The Hall–Kier alpha value is -2.66. The highest BCUT2D eigenvalue weighted by Gasteiger charge is 2.18. The van der Waals surface area contributed by atoms with E-state index in [0.717, 1.165) is 45.9 Å². The molecule has 0 saturated heterocycles. The van der Waals surface area contributed by atoms with Gasteiger partial charge in [-0.2, -0.15) is 0 Å². The molecule has 1 atom stereocenters. The number of carbonyl (C=O) groups is 2. The number of hydrogen-bond acceptors (Lipinski definition) is 2. The largest absolute Gasteiger partial charge is 0.321 e. The Morgan fingerprint density at radius 1 is 0.852 bits per heavy atom. The summed E-state index contributed by atoms with van der Waals surface area (Å²) in [6.07, 6.45) is 0.906. The molecule has 0 aliphatic heterocycles. The predicted molar refractivity (Wildman–Crippen MR) is 110 cm³/mol. The highest BCUT2D eigenvalue weighted by atomic mass is 16.2. The maximum absolute atomic E-state index is 12.5. The molecule has 1 unspecified atom stereocenters. The summed E-state index contributed by atoms with van der Waals surface area (Å²) in [6, 6.07) is 13.7. The van der Waals surface area contributed by atoms with Gasteiger partial charge in [-0.25, -0.2) is 0 Å². The van der Waals surface area contributed by atoms with E-state index < -0.39 is 0 Å². The Morgan fingerprint density at radius 2 is 1.44 bits per heavy atom. The van der Waals surface area contributed by atoms with Crippen LogP contribution in [-0.2, 0) is 9.59 Å². The number of rotatable bonds is 8. The molecule has 27 heavy (non-hydrogen) atoms. The molecule has 0 aliphatic carbocycles. The fourth-order valence-corrected chi connectivity index (χ4v) is 3.02. The lowest BCUT2D eigenvalue weighted by Gasteiger charge is -2.19. The van der Waals surface area contributed by atoms with Gasteiger partial charge < -0.3 is 15.5 Å². The Balaban J connectivity index is 1.95. The van der Waals surface area contributed by atoms with Crippen LogP contribution < -0.4 is 15.5 Å². The van der Waals surface area contributed by atoms with Crippen molar-refractivity contribution in [1.29, 1.82) is 0 Å². The topological polar surface area (TPSA) is 62.6 Å². The molecule has 144 valence electrons. The molecule has 0 aromatic heterocycles. The lowest BCUT2D eigenvalue weighted by Crippen LogP contribution is -3.14. The van der Waals surface area contributed by atoms with Crippen LogP contribution in [0.1, 0.15) is 30.0 Å². The molecule has 3 N–H and O–H groups in total. The van der Waals surface area contributed by atoms with Crippen LogP contribution in [0.5, 0.6) is 0 Å². The molecule has 5 heteroatoms. The number of benzene rings is 2. The summed E-state index contributed by atoms with van der Waals surface area (Å²) >= 11 is 0. The molecule has 2 aromatic carbocycles. The van der Waals surface area contributed by atoms with E-state index in [-0.39, 0.29) is 24.9 Å². The first-order valence-electron chi connectivity index (χ1n) is 9.45. The number of hydrogen-bond donors (Lipinski definition) is 3. The van der Waals surface area contributed by atoms with E-state index in [0.29, 0.717) is 0 Å². The van der Waals surface area contributed by atoms with Crippen molar-refractivity contribution < 1.29 is 14.5 Å². The fourth-order valence-electron chi connectivity index (χ4n) is 3.02. The van der Waals surface area contributed by atoms with E-state index >= 15 is 0 Å². The van der Waals surface area contributed by atoms with E-state index in [2.05, 4.69) is 17.6 Å². The SMILES string of the molecule is CCC[NH+](CC(=O)Nc1ccccc1C)CC(=O)Nc1cc(C)ccc1C. The summed E-state index contributed by atoms with van der Waals surface area (Å²) in [5.74, 6) is -0.150. The third-order valence-corrected chi connectivity index (χ3v) is 4.51. The van der Waals surface area contributed by atoms with Crippen molar-refractivity contribution in [3.63, 3.8) is 0 Å². The molecule has 2 amide bonds. The number of anilines is 2. The van der Waals surface area contributed by atoms with Crippen LogP contribution in [0, 0.1) is 20.8 Å². The average Bonchev–Trinajstić information content (AvgIpc) is 2.60. The van der Waals surface area contributed by atoms with Crippen LogP contribution in [0.4, 0.5) is 11.4 Å². The maximum atomic E-state index is 12.5. The molecular weight excluding hydrogens is 338 g/mol. The van der Waals surface area contributed by atoms with Gasteiger partial charge in [-0.1, -0.05) is 37.3 Å². The lowest BCUT2D eigenvalue weighted by molar-refractivity contribution is -0.883. The molecule has 5 nitrogen and oxygen atoms in total. The van der Waals surface area contributed by atoms with Gasteiger partial charge in [0.15, 0.2) is 13.1 Å². The van der Waals surface area contributed by atoms with Gasteiger partial charge in [-0.15, -0.1) is 0 Å². The number of amides is 2. The monoisotopic (exact) mass is 368 g/mol. The number of aryl methyl sites for hydroxylation is 3. The fraction of sp³-hybridized carbons (Fsp3) is 0.364. The second kappa shape index (κ2) is 9.88. The maximum Gasteiger partial charge on any atom is 0.279 e. The average molecular weight is 369 g/mol. The first-order valence-corrected chi connectivity index (χ1v) is 9.45. The summed E-state index contributed by atoms with van der Waals surface area (Å²) in [5.41, 5.74) is 4.81. The van der Waals surface area contributed by atoms with Gasteiger partial charge in [0.2, 0.25) is 0 Å². The van der Waals surface area contributed by atoms with E-state index in [9.17, 15) is 9.59 Å². The highest BCUT2D eigenvalue weighted by molar-refractivity contribution is 5.94. The van der Waals surface area contributed by atoms with Gasteiger partial charge >= 0.3 is 0 Å². The Morgan fingerprint density at radius 3 is 2.07 bits per heavy atom. The second-order valence-electron chi connectivity index (χ2n) is 7.08. The van der Waals surface area contributed by atoms with Crippen LogP contribution in [0.3, 0.4) is 0 Å². The van der Waals surface area contributed by atoms with Crippen LogP contribution >= 0.6 is 0 Å². The second-order valence-corrected chi connectivity index (χ2v) is 7.08. The summed E-state index contributed by atoms with van der Waals surface area (Å²) in [5, 5.41) is 5.93. The van der Waals surface area contributed by atoms with Gasteiger partial charge in [-0.3, -0.25) is 9.59 Å². The Labute approximate surface area is 161 Å². The number of carbonyl (C=O) groups excluding carboxylic acids is 2. The van der Waals surface area contributed by atoms with Crippen molar-refractivity contribution in [2.24, 2.45) is 0 Å². The molecule has 2 aromatic rings. The van der Waals surface area contributed by atoms with Crippen molar-refractivity contribution in [1.82, 2.24) is 0 Å². The molecule has 0 radical (unpaired) electrons. The predicted octanol–water partition coefficient (Wildman–Crippen LogP) is 2.48. The van der Waals surface area contributed by atoms with E-state index in [1.54, 1.807) is 0 Å². The molecule has 2 rings (SSSR count). The van der Waals surface area contributed by atoms with Gasteiger partial charge in [0.25, 0.3) is 11.8 Å².